The predicted molar refractivity (Wildman–Crippen MR) is 374 cm³/mol. The van der Waals surface area contributed by atoms with Gasteiger partial charge in [0.15, 0.2) is 0 Å². The molecular weight excluding hydrogens is 1310 g/mol. The quantitative estimate of drug-likeness (QED) is 0.0461. The summed E-state index contributed by atoms with van der Waals surface area (Å²) in [5, 5.41) is 24.1. The molecule has 0 aliphatic heterocycles. The summed E-state index contributed by atoms with van der Waals surface area (Å²) in [6.45, 7) is 21.9. The van der Waals surface area contributed by atoms with Gasteiger partial charge in [-0.1, -0.05) is 51.2 Å². The number of hydrogen-bond acceptors (Lipinski definition) is 27. The molecule has 99 heavy (non-hydrogen) atoms. The minimum absolute atomic E-state index is 0.0111. The van der Waals surface area contributed by atoms with Crippen LogP contribution in [0.15, 0.2) is 76.5 Å². The Balaban J connectivity index is 1.16. The molecule has 0 aliphatic rings. The van der Waals surface area contributed by atoms with Crippen LogP contribution >= 0.6 is 0 Å². The predicted octanol–water partition coefficient (Wildman–Crippen LogP) is 6.14. The Morgan fingerprint density at radius 3 is 0.889 bits per heavy atom. The van der Waals surface area contributed by atoms with E-state index >= 15 is 0 Å². The fourth-order valence-electron chi connectivity index (χ4n) is 8.78. The molecule has 0 spiro atoms. The molecule has 3 rings (SSSR count). The standard InChI is InChI=1S/C71H122N2O25S/c1-2-3-4-5-6-7-8-65-9-18-71(98-62-61-97-60-59-96-58-57-95-56-55-94-54-53-93-52-51-92-48-45-89-42-39-86-36-33-83-30-27-80-24-21-75)66(63-65)64-73-68-12-16-70(17-13-68)99(76,77)69-14-10-67(11-15-69)72-19-22-78-25-28-81-31-34-84-37-40-87-43-46-90-49-50-91-47-44-88-41-38-85-35-32-82-29-26-79-23-20-74/h9-18,63,72-75H,2-8,19-62,64H2,1H3. The highest BCUT2D eigenvalue weighted by molar-refractivity contribution is 7.91. The van der Waals surface area contributed by atoms with Gasteiger partial charge >= 0.3 is 0 Å². The van der Waals surface area contributed by atoms with E-state index in [0.717, 1.165) is 35.5 Å². The monoisotopic (exact) mass is 1430 g/mol. The van der Waals surface area contributed by atoms with Crippen LogP contribution in [-0.2, 0) is 118 Å². The van der Waals surface area contributed by atoms with Crippen LogP contribution < -0.4 is 15.4 Å². The Morgan fingerprint density at radius 1 is 0.303 bits per heavy atom. The molecule has 0 amide bonds. The first kappa shape index (κ1) is 89.3. The Morgan fingerprint density at radius 2 is 0.576 bits per heavy atom. The third kappa shape index (κ3) is 53.6. The fraction of sp³-hybridized carbons (Fsp3) is 0.746. The molecule has 28 heteroatoms. The molecule has 0 unspecified atom stereocenters. The van der Waals surface area contributed by atoms with Crippen LogP contribution in [0.5, 0.6) is 5.75 Å². The number of rotatable bonds is 78. The number of aryl methyl sites for hydroxylation is 1. The van der Waals surface area contributed by atoms with E-state index in [4.69, 9.17) is 110 Å². The van der Waals surface area contributed by atoms with Crippen molar-refractivity contribution in [2.75, 3.05) is 301 Å². The van der Waals surface area contributed by atoms with Crippen molar-refractivity contribution in [1.29, 1.82) is 0 Å². The third-order valence-corrected chi connectivity index (χ3v) is 15.8. The molecule has 0 saturated carbocycles. The highest BCUT2D eigenvalue weighted by atomic mass is 32.2. The molecule has 0 saturated heterocycles. The largest absolute Gasteiger partial charge is 0.491 e. The van der Waals surface area contributed by atoms with Crippen molar-refractivity contribution >= 4 is 21.2 Å². The zero-order valence-electron chi connectivity index (χ0n) is 59.3. The summed E-state index contributed by atoms with van der Waals surface area (Å²) in [5.41, 5.74) is 3.83. The van der Waals surface area contributed by atoms with Crippen LogP contribution in [0, 0.1) is 0 Å². The van der Waals surface area contributed by atoms with Gasteiger partial charge in [-0.25, -0.2) is 8.42 Å². The molecule has 0 heterocycles. The van der Waals surface area contributed by atoms with E-state index in [1.807, 2.05) is 6.07 Å². The van der Waals surface area contributed by atoms with Gasteiger partial charge in [0.1, 0.15) is 12.4 Å². The van der Waals surface area contributed by atoms with Gasteiger partial charge in [-0.2, -0.15) is 0 Å². The molecule has 3 aromatic rings. The van der Waals surface area contributed by atoms with Gasteiger partial charge in [-0.15, -0.1) is 0 Å². The summed E-state index contributed by atoms with van der Waals surface area (Å²) in [6, 6.07) is 19.9. The summed E-state index contributed by atoms with van der Waals surface area (Å²) in [6.07, 6.45) is 8.34. The number of aliphatic hydroxyl groups excluding tert-OH is 2. The minimum atomic E-state index is -3.76. The Bertz CT molecular complexity index is 2300. The summed E-state index contributed by atoms with van der Waals surface area (Å²) < 4.78 is 144. The van der Waals surface area contributed by atoms with Crippen LogP contribution in [-0.4, -0.2) is 309 Å². The molecule has 27 nitrogen and oxygen atoms in total. The molecule has 0 bridgehead atoms. The Hall–Kier alpha value is -3.87. The molecule has 0 aromatic heterocycles. The van der Waals surface area contributed by atoms with Crippen LogP contribution in [0.25, 0.3) is 0 Å². The number of ether oxygens (including phenoxy) is 21. The van der Waals surface area contributed by atoms with Crippen molar-refractivity contribution in [3.05, 3.63) is 77.9 Å². The molecule has 4 N–H and O–H groups in total. The first-order valence-electron chi connectivity index (χ1n) is 35.4. The van der Waals surface area contributed by atoms with E-state index in [2.05, 4.69) is 29.7 Å². The van der Waals surface area contributed by atoms with Crippen LogP contribution in [0.4, 0.5) is 11.4 Å². The second kappa shape index (κ2) is 68.6. The SMILES string of the molecule is CCCCCCCCc1ccc(OCCOCCOCCOCCOCCOCCOCCOCCOCCOCCOCCO)c(CNc2ccc(S(=O)(=O)c3ccc(NCCOCCOCCOCCOCCOCCOCCOCCOCCOCCOCCO)cc3)cc2)c1. The van der Waals surface area contributed by atoms with Gasteiger partial charge in [-0.3, -0.25) is 0 Å². The minimum Gasteiger partial charge on any atom is -0.491 e. The van der Waals surface area contributed by atoms with Crippen molar-refractivity contribution < 1.29 is 118 Å². The number of hydrogen-bond donors (Lipinski definition) is 4. The lowest BCUT2D eigenvalue weighted by molar-refractivity contribution is -0.0270. The number of nitrogens with one attached hydrogen (secondary N) is 2. The van der Waals surface area contributed by atoms with Crippen molar-refractivity contribution in [1.82, 2.24) is 0 Å². The highest BCUT2D eigenvalue weighted by Gasteiger charge is 2.18. The lowest BCUT2D eigenvalue weighted by Gasteiger charge is -2.15. The second-order valence-electron chi connectivity index (χ2n) is 21.8. The smallest absolute Gasteiger partial charge is 0.206 e. The summed E-state index contributed by atoms with van der Waals surface area (Å²) in [7, 11) is -3.76. The molecule has 0 aliphatic carbocycles. The highest BCUT2D eigenvalue weighted by Crippen LogP contribution is 2.26. The maximum Gasteiger partial charge on any atom is 0.206 e. The van der Waals surface area contributed by atoms with Crippen LogP contribution in [0.1, 0.15) is 56.6 Å². The summed E-state index contributed by atoms with van der Waals surface area (Å²) in [5.74, 6) is 0.768. The van der Waals surface area contributed by atoms with Gasteiger partial charge in [-0.05, 0) is 73.0 Å². The lowest BCUT2D eigenvalue weighted by Crippen LogP contribution is -2.15. The Labute approximate surface area is 590 Å². The van der Waals surface area contributed by atoms with Gasteiger partial charge in [0.05, 0.1) is 287 Å². The summed E-state index contributed by atoms with van der Waals surface area (Å²) in [4.78, 5) is 0.409. The van der Waals surface area contributed by atoms with Crippen LogP contribution in [0.2, 0.25) is 0 Å². The number of sulfone groups is 1. The van der Waals surface area contributed by atoms with Gasteiger partial charge in [0.2, 0.25) is 9.84 Å². The third-order valence-electron chi connectivity index (χ3n) is 14.0. The topological polar surface area (TPSA) is 292 Å². The van der Waals surface area contributed by atoms with Gasteiger partial charge in [0.25, 0.3) is 0 Å². The van der Waals surface area contributed by atoms with Crippen molar-refractivity contribution in [3.8, 4) is 5.75 Å². The molecule has 0 radical (unpaired) electrons. The maximum atomic E-state index is 13.7. The Kier molecular flexibility index (Phi) is 61.9. The number of anilines is 2. The molecular formula is C71H122N2O25S. The van der Waals surface area contributed by atoms with Crippen molar-refractivity contribution in [2.45, 2.75) is 68.2 Å². The number of aliphatic hydroxyl groups is 2. The molecule has 3 aromatic carbocycles. The van der Waals surface area contributed by atoms with E-state index in [0.29, 0.717) is 284 Å². The molecule has 0 fully saturated rings. The van der Waals surface area contributed by atoms with Crippen molar-refractivity contribution in [3.63, 3.8) is 0 Å². The van der Waals surface area contributed by atoms with E-state index < -0.39 is 9.84 Å². The van der Waals surface area contributed by atoms with E-state index in [1.165, 1.54) is 37.7 Å². The van der Waals surface area contributed by atoms with E-state index in [-0.39, 0.29) is 23.0 Å². The average Bonchev–Trinajstić information content (AvgIpc) is 0.812. The average molecular weight is 1440 g/mol. The van der Waals surface area contributed by atoms with Crippen molar-refractivity contribution in [2.24, 2.45) is 0 Å². The molecule has 0 atom stereocenters. The zero-order valence-corrected chi connectivity index (χ0v) is 60.1. The van der Waals surface area contributed by atoms with E-state index in [1.54, 1.807) is 48.5 Å². The van der Waals surface area contributed by atoms with Crippen LogP contribution in [0.3, 0.4) is 0 Å². The number of benzene rings is 3. The van der Waals surface area contributed by atoms with Gasteiger partial charge < -0.3 is 120 Å². The first-order valence-corrected chi connectivity index (χ1v) is 36.9. The summed E-state index contributed by atoms with van der Waals surface area (Å²) >= 11 is 0. The second-order valence-corrected chi connectivity index (χ2v) is 23.8. The fourth-order valence-corrected chi connectivity index (χ4v) is 10.0. The maximum absolute atomic E-state index is 13.7. The van der Waals surface area contributed by atoms with Gasteiger partial charge in [0, 0.05) is 30.0 Å². The molecule has 572 valence electrons. The van der Waals surface area contributed by atoms with E-state index in [9.17, 15) is 8.42 Å². The first-order chi connectivity index (χ1) is 49.0. The normalized spacial score (nSPS) is 11.7. The number of unbranched alkanes of at least 4 members (excludes halogenated alkanes) is 5. The lowest BCUT2D eigenvalue weighted by atomic mass is 10.0. The zero-order chi connectivity index (χ0) is 70.4.